The Morgan fingerprint density at radius 2 is 2.10 bits per heavy atom. The van der Waals surface area contributed by atoms with Crippen LogP contribution >= 0.6 is 0 Å². The second-order valence-electron chi connectivity index (χ2n) is 6.06. The van der Waals surface area contributed by atoms with E-state index in [1.54, 1.807) is 7.11 Å². The average molecular weight is 279 g/mol. The van der Waals surface area contributed by atoms with Crippen LogP contribution in [-0.2, 0) is 11.2 Å². The average Bonchev–Trinajstić information content (AvgIpc) is 3.17. The van der Waals surface area contributed by atoms with E-state index in [4.69, 9.17) is 9.26 Å². The van der Waals surface area contributed by atoms with Crippen LogP contribution in [0.4, 0.5) is 0 Å². The van der Waals surface area contributed by atoms with Crippen molar-refractivity contribution in [1.82, 2.24) is 15.0 Å². The maximum Gasteiger partial charge on any atom is 0.231 e. The Morgan fingerprint density at radius 3 is 2.90 bits per heavy atom. The van der Waals surface area contributed by atoms with Gasteiger partial charge in [0.1, 0.15) is 0 Å². The Labute approximate surface area is 120 Å². The fourth-order valence-corrected chi connectivity index (χ4v) is 3.54. The summed E-state index contributed by atoms with van der Waals surface area (Å²) in [7, 11) is 1.70. The highest BCUT2D eigenvalue weighted by atomic mass is 16.5. The van der Waals surface area contributed by atoms with Crippen molar-refractivity contribution in [2.75, 3.05) is 26.8 Å². The molecule has 0 radical (unpaired) electrons. The summed E-state index contributed by atoms with van der Waals surface area (Å²) in [6.07, 6.45) is 8.69. The fraction of sp³-hybridized carbons (Fsp3) is 0.867. The summed E-state index contributed by atoms with van der Waals surface area (Å²) in [5.74, 6) is 2.03. The Hall–Kier alpha value is -0.940. The van der Waals surface area contributed by atoms with Gasteiger partial charge < -0.3 is 9.26 Å². The molecule has 1 atom stereocenters. The minimum Gasteiger partial charge on any atom is -0.384 e. The van der Waals surface area contributed by atoms with Crippen molar-refractivity contribution < 1.29 is 9.26 Å². The van der Waals surface area contributed by atoms with E-state index in [2.05, 4.69) is 15.0 Å². The van der Waals surface area contributed by atoms with E-state index in [0.29, 0.717) is 12.5 Å². The molecule has 3 rings (SSSR count). The Balaban J connectivity index is 1.59. The number of aromatic nitrogens is 2. The van der Waals surface area contributed by atoms with E-state index in [9.17, 15) is 0 Å². The minimum absolute atomic E-state index is 0.424. The number of likely N-dealkylation sites (tertiary alicyclic amines) is 1. The third-order valence-corrected chi connectivity index (χ3v) is 4.66. The lowest BCUT2D eigenvalue weighted by Crippen LogP contribution is -2.40. The standard InChI is InChI=1S/C15H25N3O2/c1-19-10-8-14-16-15(20-17-14)12-5-4-9-18(11-12)13-6-2-3-7-13/h12-13H,2-11H2,1H3/t12-/m0/s1. The van der Waals surface area contributed by atoms with Crippen molar-refractivity contribution in [3.05, 3.63) is 11.7 Å². The number of hydrogen-bond acceptors (Lipinski definition) is 5. The molecule has 2 fully saturated rings. The number of hydrogen-bond donors (Lipinski definition) is 0. The van der Waals surface area contributed by atoms with Crippen LogP contribution in [0.25, 0.3) is 0 Å². The molecule has 1 aromatic rings. The van der Waals surface area contributed by atoms with Gasteiger partial charge in [-0.15, -0.1) is 0 Å². The molecule has 2 heterocycles. The van der Waals surface area contributed by atoms with Gasteiger partial charge in [-0.05, 0) is 32.2 Å². The Bertz CT molecular complexity index is 415. The molecule has 0 N–H and O–H groups in total. The van der Waals surface area contributed by atoms with Gasteiger partial charge in [-0.2, -0.15) is 4.98 Å². The van der Waals surface area contributed by atoms with Crippen molar-refractivity contribution >= 4 is 0 Å². The second kappa shape index (κ2) is 6.68. The molecule has 1 aliphatic carbocycles. The lowest BCUT2D eigenvalue weighted by atomic mass is 9.96. The quantitative estimate of drug-likeness (QED) is 0.828. The van der Waals surface area contributed by atoms with Crippen LogP contribution in [0, 0.1) is 0 Å². The number of piperidine rings is 1. The fourth-order valence-electron chi connectivity index (χ4n) is 3.54. The molecule has 1 saturated carbocycles. The largest absolute Gasteiger partial charge is 0.384 e. The highest BCUT2D eigenvalue weighted by Gasteiger charge is 2.30. The molecule has 1 aliphatic heterocycles. The van der Waals surface area contributed by atoms with Crippen LogP contribution in [0.1, 0.15) is 56.2 Å². The molecule has 0 spiro atoms. The molecule has 1 saturated heterocycles. The van der Waals surface area contributed by atoms with Gasteiger partial charge in [0.2, 0.25) is 5.89 Å². The SMILES string of the molecule is COCCc1noc([C@H]2CCCN(C3CCCC3)C2)n1. The van der Waals surface area contributed by atoms with Crippen LogP contribution in [-0.4, -0.2) is 47.9 Å². The van der Waals surface area contributed by atoms with Crippen LogP contribution in [0.15, 0.2) is 4.52 Å². The number of methoxy groups -OCH3 is 1. The lowest BCUT2D eigenvalue weighted by molar-refractivity contribution is 0.137. The molecule has 5 nitrogen and oxygen atoms in total. The van der Waals surface area contributed by atoms with Gasteiger partial charge in [-0.3, -0.25) is 4.90 Å². The Morgan fingerprint density at radius 1 is 1.25 bits per heavy atom. The van der Waals surface area contributed by atoms with Gasteiger partial charge in [0.25, 0.3) is 0 Å². The van der Waals surface area contributed by atoms with Crippen molar-refractivity contribution in [1.29, 1.82) is 0 Å². The first-order valence-electron chi connectivity index (χ1n) is 7.92. The molecule has 0 aromatic carbocycles. The predicted octanol–water partition coefficient (Wildman–Crippen LogP) is 2.38. The van der Waals surface area contributed by atoms with Gasteiger partial charge >= 0.3 is 0 Å². The summed E-state index contributed by atoms with van der Waals surface area (Å²) in [4.78, 5) is 7.20. The summed E-state index contributed by atoms with van der Waals surface area (Å²) in [6.45, 7) is 2.99. The van der Waals surface area contributed by atoms with Crippen LogP contribution in [0.2, 0.25) is 0 Å². The van der Waals surface area contributed by atoms with Crippen LogP contribution < -0.4 is 0 Å². The van der Waals surface area contributed by atoms with Crippen LogP contribution in [0.3, 0.4) is 0 Å². The first-order valence-corrected chi connectivity index (χ1v) is 7.92. The van der Waals surface area contributed by atoms with E-state index in [1.165, 1.54) is 45.1 Å². The van der Waals surface area contributed by atoms with E-state index in [1.807, 2.05) is 0 Å². The van der Waals surface area contributed by atoms with Gasteiger partial charge in [-0.1, -0.05) is 18.0 Å². The third kappa shape index (κ3) is 3.20. The molecular formula is C15H25N3O2. The second-order valence-corrected chi connectivity index (χ2v) is 6.06. The van der Waals surface area contributed by atoms with Crippen LogP contribution in [0.5, 0.6) is 0 Å². The zero-order chi connectivity index (χ0) is 13.8. The van der Waals surface area contributed by atoms with Gasteiger partial charge in [-0.25, -0.2) is 0 Å². The zero-order valence-electron chi connectivity index (χ0n) is 12.4. The molecule has 0 bridgehead atoms. The van der Waals surface area contributed by atoms with Crippen molar-refractivity contribution in [3.63, 3.8) is 0 Å². The number of ether oxygens (including phenoxy) is 1. The molecule has 5 heteroatoms. The maximum absolute atomic E-state index is 5.47. The maximum atomic E-state index is 5.47. The smallest absolute Gasteiger partial charge is 0.231 e. The van der Waals surface area contributed by atoms with Gasteiger partial charge in [0.15, 0.2) is 5.82 Å². The summed E-state index contributed by atoms with van der Waals surface area (Å²) >= 11 is 0. The highest BCUT2D eigenvalue weighted by molar-refractivity contribution is 4.98. The monoisotopic (exact) mass is 279 g/mol. The summed E-state index contributed by atoms with van der Waals surface area (Å²) in [5.41, 5.74) is 0. The van der Waals surface area contributed by atoms with E-state index < -0.39 is 0 Å². The summed E-state index contributed by atoms with van der Waals surface area (Å²) in [6, 6.07) is 0.800. The molecule has 112 valence electrons. The molecule has 20 heavy (non-hydrogen) atoms. The minimum atomic E-state index is 0.424. The number of rotatable bonds is 5. The predicted molar refractivity (Wildman–Crippen MR) is 75.7 cm³/mol. The first kappa shape index (κ1) is 14.0. The van der Waals surface area contributed by atoms with Crippen molar-refractivity contribution in [2.24, 2.45) is 0 Å². The first-order chi connectivity index (χ1) is 9.86. The highest BCUT2D eigenvalue weighted by Crippen LogP contribution is 2.31. The molecule has 2 aliphatic rings. The van der Waals surface area contributed by atoms with E-state index >= 15 is 0 Å². The number of nitrogens with zero attached hydrogens (tertiary/aromatic N) is 3. The topological polar surface area (TPSA) is 51.4 Å². The Kier molecular flexibility index (Phi) is 4.68. The summed E-state index contributed by atoms with van der Waals surface area (Å²) in [5, 5.41) is 4.07. The molecule has 1 aromatic heterocycles. The van der Waals surface area contributed by atoms with E-state index in [0.717, 1.165) is 30.7 Å². The molecule has 0 amide bonds. The van der Waals surface area contributed by atoms with Crippen molar-refractivity contribution in [3.8, 4) is 0 Å². The zero-order valence-corrected chi connectivity index (χ0v) is 12.4. The summed E-state index contributed by atoms with van der Waals surface area (Å²) < 4.78 is 10.5. The normalized spacial score (nSPS) is 25.4. The molecular weight excluding hydrogens is 254 g/mol. The van der Waals surface area contributed by atoms with E-state index in [-0.39, 0.29) is 0 Å². The molecule has 0 unspecified atom stereocenters. The van der Waals surface area contributed by atoms with Gasteiger partial charge in [0, 0.05) is 26.1 Å². The van der Waals surface area contributed by atoms with Crippen molar-refractivity contribution in [2.45, 2.75) is 56.9 Å². The third-order valence-electron chi connectivity index (χ3n) is 4.66. The lowest BCUT2D eigenvalue weighted by Gasteiger charge is -2.35. The van der Waals surface area contributed by atoms with Gasteiger partial charge in [0.05, 0.1) is 12.5 Å².